The van der Waals surface area contributed by atoms with Gasteiger partial charge in [0.15, 0.2) is 0 Å². The van der Waals surface area contributed by atoms with Crippen LogP contribution in [-0.2, 0) is 25.9 Å². The zero-order valence-corrected chi connectivity index (χ0v) is 14.8. The molecule has 0 saturated heterocycles. The Morgan fingerprint density at radius 2 is 1.81 bits per heavy atom. The highest BCUT2D eigenvalue weighted by Gasteiger charge is 2.19. The zero-order valence-electron chi connectivity index (χ0n) is 14.8. The summed E-state index contributed by atoms with van der Waals surface area (Å²) in [6, 6.07) is 18.9. The Hall–Kier alpha value is -2.61. The van der Waals surface area contributed by atoms with Crippen LogP contribution >= 0.6 is 0 Å². The summed E-state index contributed by atoms with van der Waals surface area (Å²) >= 11 is 0. The molecule has 1 atom stereocenters. The van der Waals surface area contributed by atoms with E-state index >= 15 is 0 Å². The second-order valence-electron chi connectivity index (χ2n) is 7.07. The standard InChI is InChI=1S/C22H23N3O/c23-11-9-19-14-25(22-8-4-3-7-21(19)22)16-20(26)15-24-12-10-17-5-1-2-6-18(17)13-24/h1-8,14,20,26H,9-10,12-13,15-16H2/t20-/m1/s1. The van der Waals surface area contributed by atoms with Crippen LogP contribution in [0.5, 0.6) is 0 Å². The molecule has 1 N–H and O–H groups in total. The number of aliphatic hydroxyl groups is 1. The predicted molar refractivity (Wildman–Crippen MR) is 103 cm³/mol. The molecule has 2 heterocycles. The molecule has 1 aliphatic heterocycles. The van der Waals surface area contributed by atoms with Crippen molar-refractivity contribution in [3.8, 4) is 6.07 Å². The average molecular weight is 345 g/mol. The van der Waals surface area contributed by atoms with Crippen molar-refractivity contribution in [2.24, 2.45) is 0 Å². The number of aliphatic hydroxyl groups excluding tert-OH is 1. The van der Waals surface area contributed by atoms with Gasteiger partial charge in [-0.25, -0.2) is 0 Å². The Morgan fingerprint density at radius 1 is 1.04 bits per heavy atom. The van der Waals surface area contributed by atoms with Gasteiger partial charge < -0.3 is 9.67 Å². The van der Waals surface area contributed by atoms with Crippen molar-refractivity contribution in [3.05, 3.63) is 71.4 Å². The number of nitriles is 1. The van der Waals surface area contributed by atoms with Gasteiger partial charge in [-0.05, 0) is 29.2 Å². The molecular weight excluding hydrogens is 322 g/mol. The minimum absolute atomic E-state index is 0.395. The number of benzene rings is 2. The Balaban J connectivity index is 1.47. The van der Waals surface area contributed by atoms with Gasteiger partial charge in [-0.2, -0.15) is 5.26 Å². The molecule has 2 aromatic carbocycles. The molecule has 1 aliphatic rings. The van der Waals surface area contributed by atoms with Crippen molar-refractivity contribution in [1.82, 2.24) is 9.47 Å². The largest absolute Gasteiger partial charge is 0.390 e. The highest BCUT2D eigenvalue weighted by Crippen LogP contribution is 2.23. The summed E-state index contributed by atoms with van der Waals surface area (Å²) in [4.78, 5) is 2.33. The van der Waals surface area contributed by atoms with Crippen LogP contribution in [0.4, 0.5) is 0 Å². The van der Waals surface area contributed by atoms with Gasteiger partial charge in [-0.1, -0.05) is 42.5 Å². The lowest BCUT2D eigenvalue weighted by molar-refractivity contribution is 0.0927. The van der Waals surface area contributed by atoms with Gasteiger partial charge in [0, 0.05) is 43.3 Å². The van der Waals surface area contributed by atoms with E-state index in [1.807, 2.05) is 24.4 Å². The molecule has 3 aromatic rings. The Morgan fingerprint density at radius 3 is 2.65 bits per heavy atom. The highest BCUT2D eigenvalue weighted by molar-refractivity contribution is 5.84. The second kappa shape index (κ2) is 7.33. The Labute approximate surface area is 153 Å². The fourth-order valence-corrected chi connectivity index (χ4v) is 3.99. The smallest absolute Gasteiger partial charge is 0.0845 e. The molecule has 4 rings (SSSR count). The summed E-state index contributed by atoms with van der Waals surface area (Å²) in [5, 5.41) is 20.8. The first kappa shape index (κ1) is 16.8. The molecule has 1 aromatic heterocycles. The van der Waals surface area contributed by atoms with E-state index in [-0.39, 0.29) is 0 Å². The topological polar surface area (TPSA) is 52.2 Å². The van der Waals surface area contributed by atoms with Gasteiger partial charge in [0.25, 0.3) is 0 Å². The van der Waals surface area contributed by atoms with E-state index in [4.69, 9.17) is 5.26 Å². The van der Waals surface area contributed by atoms with Gasteiger partial charge >= 0.3 is 0 Å². The molecular formula is C22H23N3O. The Bertz CT molecular complexity index is 953. The molecule has 0 aliphatic carbocycles. The normalized spacial score (nSPS) is 15.5. The number of hydrogen-bond acceptors (Lipinski definition) is 3. The van der Waals surface area contributed by atoms with Crippen molar-refractivity contribution in [2.75, 3.05) is 13.1 Å². The molecule has 0 radical (unpaired) electrons. The van der Waals surface area contributed by atoms with Crippen molar-refractivity contribution >= 4 is 10.9 Å². The highest BCUT2D eigenvalue weighted by atomic mass is 16.3. The summed E-state index contributed by atoms with van der Waals surface area (Å²) in [5.41, 5.74) is 4.91. The van der Waals surface area contributed by atoms with E-state index in [0.717, 1.165) is 36.0 Å². The maximum absolute atomic E-state index is 10.7. The molecule has 4 nitrogen and oxygen atoms in total. The first-order valence-corrected chi connectivity index (χ1v) is 9.15. The fourth-order valence-electron chi connectivity index (χ4n) is 3.99. The van der Waals surface area contributed by atoms with E-state index in [0.29, 0.717) is 19.5 Å². The maximum Gasteiger partial charge on any atom is 0.0845 e. The molecule has 0 amide bonds. The summed E-state index contributed by atoms with van der Waals surface area (Å²) in [6.07, 6.45) is 3.02. The van der Waals surface area contributed by atoms with Gasteiger partial charge in [-0.3, -0.25) is 4.90 Å². The monoisotopic (exact) mass is 345 g/mol. The quantitative estimate of drug-likeness (QED) is 0.773. The van der Waals surface area contributed by atoms with Crippen LogP contribution < -0.4 is 0 Å². The summed E-state index contributed by atoms with van der Waals surface area (Å²) in [5.74, 6) is 0. The van der Waals surface area contributed by atoms with Crippen LogP contribution in [0.2, 0.25) is 0 Å². The van der Waals surface area contributed by atoms with Crippen molar-refractivity contribution < 1.29 is 5.11 Å². The lowest BCUT2D eigenvalue weighted by Crippen LogP contribution is -2.38. The van der Waals surface area contributed by atoms with E-state index < -0.39 is 6.10 Å². The van der Waals surface area contributed by atoms with E-state index in [2.05, 4.69) is 45.9 Å². The number of nitrogens with zero attached hydrogens (tertiary/aromatic N) is 3. The first-order valence-electron chi connectivity index (χ1n) is 9.15. The van der Waals surface area contributed by atoms with Gasteiger partial charge in [0.05, 0.1) is 18.6 Å². The predicted octanol–water partition coefficient (Wildman–Crippen LogP) is 3.13. The maximum atomic E-state index is 10.7. The molecule has 0 fully saturated rings. The summed E-state index contributed by atoms with van der Waals surface area (Å²) in [6.45, 7) is 3.10. The van der Waals surface area contributed by atoms with Crippen LogP contribution in [0.1, 0.15) is 16.7 Å². The molecule has 26 heavy (non-hydrogen) atoms. The number of hydrogen-bond donors (Lipinski definition) is 1. The second-order valence-corrected chi connectivity index (χ2v) is 7.07. The summed E-state index contributed by atoms with van der Waals surface area (Å²) in [7, 11) is 0. The molecule has 0 bridgehead atoms. The van der Waals surface area contributed by atoms with Gasteiger partial charge in [-0.15, -0.1) is 0 Å². The number of aromatic nitrogens is 1. The van der Waals surface area contributed by atoms with Crippen molar-refractivity contribution in [3.63, 3.8) is 0 Å². The fraction of sp³-hybridized carbons (Fsp3) is 0.318. The lowest BCUT2D eigenvalue weighted by Gasteiger charge is -2.30. The molecule has 0 unspecified atom stereocenters. The molecule has 0 spiro atoms. The van der Waals surface area contributed by atoms with Gasteiger partial charge in [0.2, 0.25) is 0 Å². The third-order valence-corrected chi connectivity index (χ3v) is 5.23. The van der Waals surface area contributed by atoms with Crippen LogP contribution in [-0.4, -0.2) is 33.8 Å². The van der Waals surface area contributed by atoms with Crippen LogP contribution in [0.25, 0.3) is 10.9 Å². The van der Waals surface area contributed by atoms with E-state index in [9.17, 15) is 5.11 Å². The minimum Gasteiger partial charge on any atom is -0.390 e. The zero-order chi connectivity index (χ0) is 17.9. The van der Waals surface area contributed by atoms with Crippen LogP contribution in [0, 0.1) is 11.3 Å². The average Bonchev–Trinajstić information content (AvgIpc) is 2.99. The SMILES string of the molecule is N#CCc1cn(C[C@H](O)CN2CCc3ccccc3C2)c2ccccc12. The molecule has 0 saturated carbocycles. The number of β-amino-alcohol motifs (C(OH)–C–C–N with tert-alkyl or cyclic N) is 1. The molecule has 4 heteroatoms. The van der Waals surface area contributed by atoms with Crippen molar-refractivity contribution in [1.29, 1.82) is 5.26 Å². The van der Waals surface area contributed by atoms with Gasteiger partial charge in [0.1, 0.15) is 0 Å². The van der Waals surface area contributed by atoms with E-state index in [1.54, 1.807) is 0 Å². The van der Waals surface area contributed by atoms with Crippen LogP contribution in [0.15, 0.2) is 54.7 Å². The minimum atomic E-state index is -0.439. The van der Waals surface area contributed by atoms with Crippen LogP contribution in [0.3, 0.4) is 0 Å². The summed E-state index contributed by atoms with van der Waals surface area (Å²) < 4.78 is 2.09. The Kier molecular flexibility index (Phi) is 4.75. The van der Waals surface area contributed by atoms with Crippen molar-refractivity contribution in [2.45, 2.75) is 32.0 Å². The molecule has 132 valence electrons. The number of para-hydroxylation sites is 1. The first-order chi connectivity index (χ1) is 12.7. The van der Waals surface area contributed by atoms with E-state index in [1.165, 1.54) is 11.1 Å². The number of rotatable bonds is 5. The lowest BCUT2D eigenvalue weighted by atomic mass is 10.00. The third-order valence-electron chi connectivity index (χ3n) is 5.23. The third kappa shape index (κ3) is 3.37. The number of fused-ring (bicyclic) bond motifs is 2.